The summed E-state index contributed by atoms with van der Waals surface area (Å²) in [6, 6.07) is 13.1. The van der Waals surface area contributed by atoms with Gasteiger partial charge in [-0.2, -0.15) is 5.10 Å². The number of benzene rings is 2. The Morgan fingerprint density at radius 3 is 2.61 bits per heavy atom. The standard InChI is InChI=1S/C21H24BrN3O3/c1-4-16-7-5-6-8-19(16)23-20(26)12-15(3)24-25-21(27)13-28-17-9-10-18(22)14(2)11-17/h5-11H,4,12-13H2,1-3H3,(H,23,26)(H,25,27)/b24-15+. The van der Waals surface area contributed by atoms with E-state index in [1.54, 1.807) is 13.0 Å². The largest absolute Gasteiger partial charge is 0.484 e. The van der Waals surface area contributed by atoms with E-state index in [4.69, 9.17) is 4.74 Å². The second-order valence-electron chi connectivity index (χ2n) is 6.32. The van der Waals surface area contributed by atoms with Crippen molar-refractivity contribution in [3.63, 3.8) is 0 Å². The molecule has 0 heterocycles. The van der Waals surface area contributed by atoms with Gasteiger partial charge in [-0.25, -0.2) is 5.43 Å². The zero-order valence-corrected chi connectivity index (χ0v) is 17.8. The predicted octanol–water partition coefficient (Wildman–Crippen LogP) is 4.22. The molecule has 0 bridgehead atoms. The van der Waals surface area contributed by atoms with Crippen LogP contribution in [0.2, 0.25) is 0 Å². The van der Waals surface area contributed by atoms with Crippen molar-refractivity contribution in [2.24, 2.45) is 5.10 Å². The van der Waals surface area contributed by atoms with Crippen LogP contribution in [-0.2, 0) is 16.0 Å². The van der Waals surface area contributed by atoms with E-state index in [1.807, 2.05) is 50.2 Å². The first-order chi connectivity index (χ1) is 13.4. The highest BCUT2D eigenvalue weighted by atomic mass is 79.9. The molecule has 0 aliphatic rings. The van der Waals surface area contributed by atoms with E-state index in [0.29, 0.717) is 11.5 Å². The zero-order valence-electron chi connectivity index (χ0n) is 16.2. The average Bonchev–Trinajstić information content (AvgIpc) is 2.67. The van der Waals surface area contributed by atoms with E-state index in [9.17, 15) is 9.59 Å². The summed E-state index contributed by atoms with van der Waals surface area (Å²) in [5.74, 6) is 0.0279. The molecule has 2 aromatic carbocycles. The molecular weight excluding hydrogens is 422 g/mol. The highest BCUT2D eigenvalue weighted by Gasteiger charge is 2.08. The van der Waals surface area contributed by atoms with Gasteiger partial charge in [-0.1, -0.05) is 41.1 Å². The molecule has 6 nitrogen and oxygen atoms in total. The van der Waals surface area contributed by atoms with Crippen LogP contribution in [-0.4, -0.2) is 24.1 Å². The Balaban J connectivity index is 1.80. The molecule has 0 aliphatic carbocycles. The summed E-state index contributed by atoms with van der Waals surface area (Å²) in [6.45, 7) is 5.50. The minimum Gasteiger partial charge on any atom is -0.484 e. The third-order valence-electron chi connectivity index (χ3n) is 3.96. The van der Waals surface area contributed by atoms with Crippen molar-refractivity contribution >= 4 is 39.1 Å². The molecule has 2 N–H and O–H groups in total. The fraction of sp³-hybridized carbons (Fsp3) is 0.286. The minimum absolute atomic E-state index is 0.0884. The smallest absolute Gasteiger partial charge is 0.277 e. The van der Waals surface area contributed by atoms with Crippen molar-refractivity contribution in [3.05, 3.63) is 58.1 Å². The third-order valence-corrected chi connectivity index (χ3v) is 4.85. The molecule has 0 saturated carbocycles. The molecule has 0 aliphatic heterocycles. The molecule has 0 aromatic heterocycles. The quantitative estimate of drug-likeness (QED) is 0.471. The molecule has 0 radical (unpaired) electrons. The minimum atomic E-state index is -0.392. The first kappa shape index (κ1) is 21.6. The van der Waals surface area contributed by atoms with Crippen molar-refractivity contribution in [3.8, 4) is 5.75 Å². The van der Waals surface area contributed by atoms with Crippen molar-refractivity contribution in [1.82, 2.24) is 5.43 Å². The van der Waals surface area contributed by atoms with E-state index in [1.165, 1.54) is 0 Å². The van der Waals surface area contributed by atoms with Crippen molar-refractivity contribution in [1.29, 1.82) is 0 Å². The lowest BCUT2D eigenvalue weighted by molar-refractivity contribution is -0.123. The van der Waals surface area contributed by atoms with Gasteiger partial charge in [0, 0.05) is 15.9 Å². The summed E-state index contributed by atoms with van der Waals surface area (Å²) < 4.78 is 6.42. The van der Waals surface area contributed by atoms with Gasteiger partial charge in [-0.05, 0) is 55.7 Å². The highest BCUT2D eigenvalue weighted by Crippen LogP contribution is 2.21. The van der Waals surface area contributed by atoms with Crippen LogP contribution in [0.25, 0.3) is 0 Å². The van der Waals surface area contributed by atoms with Crippen LogP contribution in [0.3, 0.4) is 0 Å². The number of ether oxygens (including phenoxy) is 1. The lowest BCUT2D eigenvalue weighted by Crippen LogP contribution is -2.26. The lowest BCUT2D eigenvalue weighted by Gasteiger charge is -2.10. The number of para-hydroxylation sites is 1. The van der Waals surface area contributed by atoms with Crippen LogP contribution in [0.4, 0.5) is 5.69 Å². The number of hydrazone groups is 1. The number of anilines is 1. The van der Waals surface area contributed by atoms with Gasteiger partial charge < -0.3 is 10.1 Å². The van der Waals surface area contributed by atoms with Crippen molar-refractivity contribution in [2.45, 2.75) is 33.6 Å². The van der Waals surface area contributed by atoms with Gasteiger partial charge in [0.25, 0.3) is 5.91 Å². The second kappa shape index (κ2) is 10.6. The molecule has 28 heavy (non-hydrogen) atoms. The fourth-order valence-electron chi connectivity index (χ4n) is 2.46. The third kappa shape index (κ3) is 6.81. The first-order valence-corrected chi connectivity index (χ1v) is 9.77. The topological polar surface area (TPSA) is 79.8 Å². The number of carbonyl (C=O) groups is 2. The van der Waals surface area contributed by atoms with Gasteiger partial charge >= 0.3 is 0 Å². The summed E-state index contributed by atoms with van der Waals surface area (Å²) in [5, 5.41) is 6.84. The number of hydrogen-bond donors (Lipinski definition) is 2. The van der Waals surface area contributed by atoms with Crippen LogP contribution in [0.5, 0.6) is 5.75 Å². The lowest BCUT2D eigenvalue weighted by atomic mass is 10.1. The van der Waals surface area contributed by atoms with Crippen LogP contribution in [0, 0.1) is 6.92 Å². The summed E-state index contributed by atoms with van der Waals surface area (Å²) in [5.41, 5.74) is 5.79. The van der Waals surface area contributed by atoms with Crippen LogP contribution < -0.4 is 15.5 Å². The maximum Gasteiger partial charge on any atom is 0.277 e. The molecule has 2 amide bonds. The molecule has 148 valence electrons. The van der Waals surface area contributed by atoms with Gasteiger partial charge in [0.1, 0.15) is 5.75 Å². The van der Waals surface area contributed by atoms with E-state index in [0.717, 1.165) is 27.7 Å². The first-order valence-electron chi connectivity index (χ1n) is 8.97. The Bertz CT molecular complexity index is 881. The van der Waals surface area contributed by atoms with Gasteiger partial charge in [0.15, 0.2) is 6.61 Å². The number of nitrogens with one attached hydrogen (secondary N) is 2. The molecule has 0 fully saturated rings. The van der Waals surface area contributed by atoms with Crippen molar-refractivity contribution in [2.75, 3.05) is 11.9 Å². The Hall–Kier alpha value is -2.67. The monoisotopic (exact) mass is 445 g/mol. The SMILES string of the molecule is CCc1ccccc1NC(=O)C/C(C)=N/NC(=O)COc1ccc(Br)c(C)c1. The number of halogens is 1. The summed E-state index contributed by atoms with van der Waals surface area (Å²) in [7, 11) is 0. The maximum atomic E-state index is 12.2. The van der Waals surface area contributed by atoms with Crippen LogP contribution in [0.1, 0.15) is 31.4 Å². The molecule has 2 aromatic rings. The van der Waals surface area contributed by atoms with Gasteiger partial charge in [0.2, 0.25) is 5.91 Å². The fourth-order valence-corrected chi connectivity index (χ4v) is 2.71. The average molecular weight is 446 g/mol. The molecule has 0 spiro atoms. The van der Waals surface area contributed by atoms with E-state index in [-0.39, 0.29) is 18.9 Å². The Kier molecular flexibility index (Phi) is 8.19. The van der Waals surface area contributed by atoms with Gasteiger partial charge in [0.05, 0.1) is 6.42 Å². The highest BCUT2D eigenvalue weighted by molar-refractivity contribution is 9.10. The summed E-state index contributed by atoms with van der Waals surface area (Å²) in [4.78, 5) is 24.1. The Labute approximate surface area is 173 Å². The molecule has 7 heteroatoms. The summed E-state index contributed by atoms with van der Waals surface area (Å²) >= 11 is 3.41. The predicted molar refractivity (Wildman–Crippen MR) is 115 cm³/mol. The van der Waals surface area contributed by atoms with Gasteiger partial charge in [-0.15, -0.1) is 0 Å². The number of carbonyl (C=O) groups excluding carboxylic acids is 2. The number of rotatable bonds is 8. The number of hydrogen-bond acceptors (Lipinski definition) is 4. The second-order valence-corrected chi connectivity index (χ2v) is 7.17. The molecule has 0 atom stereocenters. The summed E-state index contributed by atoms with van der Waals surface area (Å²) in [6.07, 6.45) is 0.919. The van der Waals surface area contributed by atoms with Gasteiger partial charge in [-0.3, -0.25) is 9.59 Å². The Morgan fingerprint density at radius 2 is 1.89 bits per heavy atom. The van der Waals surface area contributed by atoms with E-state index >= 15 is 0 Å². The number of aryl methyl sites for hydroxylation is 2. The number of nitrogens with zero attached hydrogens (tertiary/aromatic N) is 1. The molecule has 0 saturated heterocycles. The zero-order chi connectivity index (χ0) is 20.5. The van der Waals surface area contributed by atoms with Crippen molar-refractivity contribution < 1.29 is 14.3 Å². The number of amides is 2. The van der Waals surface area contributed by atoms with Crippen LogP contribution >= 0.6 is 15.9 Å². The molecule has 2 rings (SSSR count). The van der Waals surface area contributed by atoms with E-state index in [2.05, 4.69) is 31.8 Å². The molecular formula is C21H24BrN3O3. The normalized spacial score (nSPS) is 11.1. The Morgan fingerprint density at radius 1 is 1.14 bits per heavy atom. The maximum absolute atomic E-state index is 12.2. The molecule has 0 unspecified atom stereocenters. The van der Waals surface area contributed by atoms with E-state index < -0.39 is 5.91 Å². The van der Waals surface area contributed by atoms with Crippen LogP contribution in [0.15, 0.2) is 52.0 Å².